The molecule has 1 heterocycles. The van der Waals surface area contributed by atoms with Crippen LogP contribution in [0, 0.1) is 0 Å². The molecule has 0 unspecified atom stereocenters. The van der Waals surface area contributed by atoms with E-state index in [0.29, 0.717) is 17.1 Å². The van der Waals surface area contributed by atoms with Gasteiger partial charge in [-0.2, -0.15) is 0 Å². The highest BCUT2D eigenvalue weighted by atomic mass is 35.5. The minimum atomic E-state index is -0.413. The highest BCUT2D eigenvalue weighted by Gasteiger charge is 2.11. The van der Waals surface area contributed by atoms with Gasteiger partial charge in [-0.3, -0.25) is 14.2 Å². The second kappa shape index (κ2) is 4.89. The first-order chi connectivity index (χ1) is 8.11. The van der Waals surface area contributed by atoms with Gasteiger partial charge in [-0.05, 0) is 25.1 Å². The third-order valence-corrected chi connectivity index (χ3v) is 3.40. The summed E-state index contributed by atoms with van der Waals surface area (Å²) in [5.74, 6) is -0.413. The number of nitrogens with zero attached hydrogens (tertiary/aromatic N) is 1. The van der Waals surface area contributed by atoms with Crippen LogP contribution in [0.1, 0.15) is 6.92 Å². The Bertz CT molecular complexity index is 617. The summed E-state index contributed by atoms with van der Waals surface area (Å²) in [6.45, 7) is 1.97. The highest BCUT2D eigenvalue weighted by molar-refractivity contribution is 7.16. The molecule has 0 fully saturated rings. The van der Waals surface area contributed by atoms with Crippen molar-refractivity contribution in [1.29, 1.82) is 0 Å². The van der Waals surface area contributed by atoms with E-state index in [1.165, 1.54) is 4.57 Å². The topological polar surface area (TPSA) is 48.3 Å². The van der Waals surface area contributed by atoms with Gasteiger partial charge in [-0.15, -0.1) is 0 Å². The number of carbonyl (C=O) groups is 1. The number of ether oxygens (including phenoxy) is 1. The highest BCUT2D eigenvalue weighted by Crippen LogP contribution is 2.21. The van der Waals surface area contributed by atoms with E-state index >= 15 is 0 Å². The second-order valence-corrected chi connectivity index (χ2v) is 4.80. The van der Waals surface area contributed by atoms with Gasteiger partial charge in [0.1, 0.15) is 6.54 Å². The van der Waals surface area contributed by atoms with Crippen molar-refractivity contribution in [2.75, 3.05) is 6.61 Å². The lowest BCUT2D eigenvalue weighted by Crippen LogP contribution is -2.20. The van der Waals surface area contributed by atoms with Crippen molar-refractivity contribution in [3.8, 4) is 0 Å². The molecule has 0 spiro atoms. The molecule has 0 aliphatic carbocycles. The van der Waals surface area contributed by atoms with Crippen molar-refractivity contribution >= 4 is 39.1 Å². The Balaban J connectivity index is 2.43. The maximum atomic E-state index is 11.7. The maximum Gasteiger partial charge on any atom is 0.326 e. The largest absolute Gasteiger partial charge is 0.465 e. The number of thiazole rings is 1. The minimum absolute atomic E-state index is 0.0612. The van der Waals surface area contributed by atoms with Crippen molar-refractivity contribution in [2.24, 2.45) is 0 Å². The number of benzene rings is 1. The fraction of sp³-hybridized carbons (Fsp3) is 0.273. The van der Waals surface area contributed by atoms with Gasteiger partial charge in [0.25, 0.3) is 0 Å². The van der Waals surface area contributed by atoms with E-state index < -0.39 is 5.97 Å². The summed E-state index contributed by atoms with van der Waals surface area (Å²) in [5, 5.41) is 0.571. The summed E-state index contributed by atoms with van der Waals surface area (Å²) in [4.78, 5) is 22.9. The van der Waals surface area contributed by atoms with E-state index in [1.54, 1.807) is 25.1 Å². The van der Waals surface area contributed by atoms with Gasteiger partial charge >= 0.3 is 10.8 Å². The number of esters is 1. The average Bonchev–Trinajstić information content (AvgIpc) is 2.55. The summed E-state index contributed by atoms with van der Waals surface area (Å²) < 4.78 is 6.99. The predicted octanol–water partition coefficient (Wildman–Crippen LogP) is 2.28. The summed E-state index contributed by atoms with van der Waals surface area (Å²) in [5.41, 5.74) is 0.706. The van der Waals surface area contributed by atoms with Gasteiger partial charge in [-0.1, -0.05) is 22.9 Å². The molecule has 2 aromatic rings. The number of halogens is 1. The van der Waals surface area contributed by atoms with E-state index in [1.807, 2.05) is 0 Å². The molecule has 4 nitrogen and oxygen atoms in total. The molecule has 1 aromatic carbocycles. The Kier molecular flexibility index (Phi) is 3.49. The van der Waals surface area contributed by atoms with E-state index in [4.69, 9.17) is 16.3 Å². The first-order valence-electron chi connectivity index (χ1n) is 5.06. The van der Waals surface area contributed by atoms with E-state index in [9.17, 15) is 9.59 Å². The first-order valence-corrected chi connectivity index (χ1v) is 6.25. The molecule has 0 N–H and O–H groups in total. The Labute approximate surface area is 106 Å². The Morgan fingerprint density at radius 3 is 3.00 bits per heavy atom. The zero-order chi connectivity index (χ0) is 12.4. The molecule has 0 atom stereocenters. The molecule has 6 heteroatoms. The van der Waals surface area contributed by atoms with Crippen LogP contribution in [0.25, 0.3) is 10.2 Å². The Morgan fingerprint density at radius 2 is 2.29 bits per heavy atom. The number of rotatable bonds is 3. The summed E-state index contributed by atoms with van der Waals surface area (Å²) in [6.07, 6.45) is 0. The molecule has 90 valence electrons. The number of hydrogen-bond acceptors (Lipinski definition) is 4. The van der Waals surface area contributed by atoms with Crippen molar-refractivity contribution in [3.05, 3.63) is 32.9 Å². The monoisotopic (exact) mass is 271 g/mol. The van der Waals surface area contributed by atoms with Crippen LogP contribution in [0.15, 0.2) is 23.0 Å². The second-order valence-electron chi connectivity index (χ2n) is 3.37. The van der Waals surface area contributed by atoms with Crippen LogP contribution in [0.5, 0.6) is 0 Å². The maximum absolute atomic E-state index is 11.7. The van der Waals surface area contributed by atoms with E-state index in [0.717, 1.165) is 16.0 Å². The predicted molar refractivity (Wildman–Crippen MR) is 67.7 cm³/mol. The molecule has 0 aliphatic rings. The fourth-order valence-electron chi connectivity index (χ4n) is 1.53. The van der Waals surface area contributed by atoms with Crippen LogP contribution < -0.4 is 4.87 Å². The molecule has 0 radical (unpaired) electrons. The number of aromatic nitrogens is 1. The average molecular weight is 272 g/mol. The van der Waals surface area contributed by atoms with Crippen LogP contribution in [0.4, 0.5) is 0 Å². The SMILES string of the molecule is CCOC(=O)Cn1c(=O)sc2cc(Cl)ccc21. The third kappa shape index (κ3) is 2.50. The van der Waals surface area contributed by atoms with Crippen LogP contribution in [0.2, 0.25) is 5.02 Å². The molecule has 2 rings (SSSR count). The standard InChI is InChI=1S/C11H10ClNO3S/c1-2-16-10(14)6-13-8-4-3-7(12)5-9(8)17-11(13)15/h3-5H,2,6H2,1H3. The normalized spacial score (nSPS) is 10.7. The molecule has 0 bridgehead atoms. The Morgan fingerprint density at radius 1 is 1.53 bits per heavy atom. The number of hydrogen-bond donors (Lipinski definition) is 0. The van der Waals surface area contributed by atoms with Crippen LogP contribution in [0.3, 0.4) is 0 Å². The quantitative estimate of drug-likeness (QED) is 0.805. The van der Waals surface area contributed by atoms with Crippen molar-refractivity contribution in [3.63, 3.8) is 0 Å². The van der Waals surface area contributed by atoms with Crippen LogP contribution in [-0.2, 0) is 16.1 Å². The first kappa shape index (κ1) is 12.1. The summed E-state index contributed by atoms with van der Waals surface area (Å²) >= 11 is 6.91. The van der Waals surface area contributed by atoms with Gasteiger partial charge in [0.05, 0.1) is 16.8 Å². The van der Waals surface area contributed by atoms with Crippen molar-refractivity contribution < 1.29 is 9.53 Å². The van der Waals surface area contributed by atoms with Crippen LogP contribution >= 0.6 is 22.9 Å². The van der Waals surface area contributed by atoms with Gasteiger partial charge in [-0.25, -0.2) is 0 Å². The van der Waals surface area contributed by atoms with Crippen molar-refractivity contribution in [2.45, 2.75) is 13.5 Å². The smallest absolute Gasteiger partial charge is 0.326 e. The lowest BCUT2D eigenvalue weighted by Gasteiger charge is -2.03. The van der Waals surface area contributed by atoms with E-state index in [2.05, 4.69) is 0 Å². The molecule has 0 aliphatic heterocycles. The van der Waals surface area contributed by atoms with Crippen LogP contribution in [-0.4, -0.2) is 17.1 Å². The lowest BCUT2D eigenvalue weighted by atomic mass is 10.3. The number of fused-ring (bicyclic) bond motifs is 1. The fourth-order valence-corrected chi connectivity index (χ4v) is 2.69. The minimum Gasteiger partial charge on any atom is -0.465 e. The molecule has 17 heavy (non-hydrogen) atoms. The number of carbonyl (C=O) groups excluding carboxylic acids is 1. The molecular weight excluding hydrogens is 262 g/mol. The summed E-state index contributed by atoms with van der Waals surface area (Å²) in [7, 11) is 0. The lowest BCUT2D eigenvalue weighted by molar-refractivity contribution is -0.143. The van der Waals surface area contributed by atoms with Crippen molar-refractivity contribution in [1.82, 2.24) is 4.57 Å². The van der Waals surface area contributed by atoms with Gasteiger partial charge in [0.2, 0.25) is 0 Å². The third-order valence-electron chi connectivity index (χ3n) is 2.22. The zero-order valence-corrected chi connectivity index (χ0v) is 10.7. The van der Waals surface area contributed by atoms with Gasteiger partial charge in [0, 0.05) is 5.02 Å². The molecule has 0 amide bonds. The molecule has 1 aromatic heterocycles. The van der Waals surface area contributed by atoms with Gasteiger partial charge in [0.15, 0.2) is 0 Å². The summed E-state index contributed by atoms with van der Waals surface area (Å²) in [6, 6.07) is 5.14. The van der Waals surface area contributed by atoms with Gasteiger partial charge < -0.3 is 4.74 Å². The Hall–Kier alpha value is -1.33. The van der Waals surface area contributed by atoms with E-state index in [-0.39, 0.29) is 11.4 Å². The zero-order valence-electron chi connectivity index (χ0n) is 9.10. The molecular formula is C11H10ClNO3S. The molecule has 0 saturated carbocycles. The molecule has 0 saturated heterocycles.